The molecule has 0 radical (unpaired) electrons. The zero-order valence-corrected chi connectivity index (χ0v) is 12.1. The Labute approximate surface area is 122 Å². The molecule has 0 aliphatic rings. The Balaban J connectivity index is 2.26. The highest BCUT2D eigenvalue weighted by Crippen LogP contribution is 2.37. The van der Waals surface area contributed by atoms with E-state index in [0.717, 1.165) is 10.6 Å². The summed E-state index contributed by atoms with van der Waals surface area (Å²) < 4.78 is 10.5. The number of hydrogen-bond donors (Lipinski definition) is 0. The third kappa shape index (κ3) is 3.22. The maximum absolute atomic E-state index is 9.36. The monoisotopic (exact) mass is 286 g/mol. The number of thioether (sulfide) groups is 1. The van der Waals surface area contributed by atoms with Gasteiger partial charge in [0.25, 0.3) is 0 Å². The van der Waals surface area contributed by atoms with Gasteiger partial charge >= 0.3 is 0 Å². The number of ether oxygens (including phenoxy) is 2. The topological polar surface area (TPSA) is 55.1 Å². The molecule has 0 spiro atoms. The number of rotatable bonds is 5. The van der Waals surface area contributed by atoms with Crippen molar-refractivity contribution < 1.29 is 9.47 Å². The number of nitriles is 1. The summed E-state index contributed by atoms with van der Waals surface area (Å²) >= 11 is 1.41. The molecule has 0 N–H and O–H groups in total. The van der Waals surface area contributed by atoms with Crippen molar-refractivity contribution in [2.24, 2.45) is 0 Å². The number of pyridine rings is 1. The molecule has 0 saturated carbocycles. The van der Waals surface area contributed by atoms with Crippen LogP contribution in [-0.4, -0.2) is 19.2 Å². The number of benzene rings is 1. The Kier molecular flexibility index (Phi) is 4.85. The van der Waals surface area contributed by atoms with E-state index in [1.807, 2.05) is 30.3 Å². The van der Waals surface area contributed by atoms with Gasteiger partial charge in [-0.3, -0.25) is 0 Å². The van der Waals surface area contributed by atoms with Crippen LogP contribution in [0, 0.1) is 11.3 Å². The quantitative estimate of drug-likeness (QED) is 0.788. The molecular weight excluding hydrogens is 272 g/mol. The maximum atomic E-state index is 9.36. The standard InChI is InChI=1S/C15H14N2O2S/c1-18-12-7-6-11(9-13(12)19-2)14(10-16)20-15-5-3-4-8-17-15/h3-9,14H,1-2H3. The fourth-order valence-electron chi connectivity index (χ4n) is 1.72. The lowest BCUT2D eigenvalue weighted by molar-refractivity contribution is 0.354. The summed E-state index contributed by atoms with van der Waals surface area (Å²) in [4.78, 5) is 4.22. The highest BCUT2D eigenvalue weighted by Gasteiger charge is 2.15. The normalized spacial score (nSPS) is 11.4. The molecule has 1 heterocycles. The van der Waals surface area contributed by atoms with Gasteiger partial charge < -0.3 is 9.47 Å². The van der Waals surface area contributed by atoms with E-state index in [0.29, 0.717) is 11.5 Å². The Morgan fingerprint density at radius 1 is 1.15 bits per heavy atom. The predicted molar refractivity (Wildman–Crippen MR) is 78.0 cm³/mol. The Hall–Kier alpha value is -2.19. The third-order valence-electron chi connectivity index (χ3n) is 2.70. The molecule has 2 rings (SSSR count). The summed E-state index contributed by atoms with van der Waals surface area (Å²) in [5, 5.41) is 9.83. The lowest BCUT2D eigenvalue weighted by atomic mass is 10.1. The zero-order valence-electron chi connectivity index (χ0n) is 11.2. The molecule has 4 nitrogen and oxygen atoms in total. The van der Waals surface area contributed by atoms with Crippen LogP contribution < -0.4 is 9.47 Å². The van der Waals surface area contributed by atoms with Crippen LogP contribution in [-0.2, 0) is 0 Å². The summed E-state index contributed by atoms with van der Waals surface area (Å²) in [7, 11) is 3.16. The largest absolute Gasteiger partial charge is 0.493 e. The highest BCUT2D eigenvalue weighted by molar-refractivity contribution is 7.99. The molecule has 20 heavy (non-hydrogen) atoms. The fraction of sp³-hybridized carbons (Fsp3) is 0.200. The van der Waals surface area contributed by atoms with E-state index in [4.69, 9.17) is 9.47 Å². The van der Waals surface area contributed by atoms with Crippen LogP contribution in [0.25, 0.3) is 0 Å². The first-order valence-electron chi connectivity index (χ1n) is 5.97. The second-order valence-electron chi connectivity index (χ2n) is 3.91. The van der Waals surface area contributed by atoms with E-state index in [1.165, 1.54) is 11.8 Å². The van der Waals surface area contributed by atoms with E-state index in [2.05, 4.69) is 11.1 Å². The third-order valence-corrected chi connectivity index (χ3v) is 3.80. The lowest BCUT2D eigenvalue weighted by Crippen LogP contribution is -1.95. The molecule has 0 fully saturated rings. The van der Waals surface area contributed by atoms with E-state index < -0.39 is 0 Å². The minimum absolute atomic E-state index is 0.343. The van der Waals surface area contributed by atoms with Crippen molar-refractivity contribution in [1.29, 1.82) is 5.26 Å². The molecule has 102 valence electrons. The number of aromatic nitrogens is 1. The zero-order chi connectivity index (χ0) is 14.4. The van der Waals surface area contributed by atoms with E-state index in [1.54, 1.807) is 26.5 Å². The van der Waals surface area contributed by atoms with Crippen LogP contribution in [0.4, 0.5) is 0 Å². The van der Waals surface area contributed by atoms with Crippen LogP contribution >= 0.6 is 11.8 Å². The van der Waals surface area contributed by atoms with Gasteiger partial charge in [-0.25, -0.2) is 4.98 Å². The first-order chi connectivity index (χ1) is 9.78. The Morgan fingerprint density at radius 2 is 1.95 bits per heavy atom. The van der Waals surface area contributed by atoms with E-state index in [9.17, 15) is 5.26 Å². The van der Waals surface area contributed by atoms with Gasteiger partial charge in [0.15, 0.2) is 11.5 Å². The first kappa shape index (κ1) is 14.2. The smallest absolute Gasteiger partial charge is 0.161 e. The predicted octanol–water partition coefficient (Wildman–Crippen LogP) is 3.46. The molecular formula is C15H14N2O2S. The van der Waals surface area contributed by atoms with Crippen molar-refractivity contribution in [2.45, 2.75) is 10.3 Å². The summed E-state index contributed by atoms with van der Waals surface area (Å²) in [6.45, 7) is 0. The molecule has 0 aliphatic carbocycles. The Morgan fingerprint density at radius 3 is 2.55 bits per heavy atom. The molecule has 0 bridgehead atoms. The van der Waals surface area contributed by atoms with Crippen molar-refractivity contribution in [3.8, 4) is 17.6 Å². The van der Waals surface area contributed by atoms with Crippen LogP contribution in [0.5, 0.6) is 11.5 Å². The minimum Gasteiger partial charge on any atom is -0.493 e. The average Bonchev–Trinajstić information content (AvgIpc) is 2.53. The minimum atomic E-state index is -0.343. The molecule has 5 heteroatoms. The van der Waals surface area contributed by atoms with Crippen molar-refractivity contribution >= 4 is 11.8 Å². The number of methoxy groups -OCH3 is 2. The summed E-state index contributed by atoms with van der Waals surface area (Å²) in [6, 6.07) is 13.4. The van der Waals surface area contributed by atoms with Gasteiger partial charge in [0.1, 0.15) is 5.25 Å². The Bertz CT molecular complexity index is 611. The lowest BCUT2D eigenvalue weighted by Gasteiger charge is -2.12. The SMILES string of the molecule is COc1ccc(C(C#N)Sc2ccccn2)cc1OC. The first-order valence-corrected chi connectivity index (χ1v) is 6.85. The summed E-state index contributed by atoms with van der Waals surface area (Å²) in [5.74, 6) is 1.27. The van der Waals surface area contributed by atoms with Crippen LogP contribution in [0.1, 0.15) is 10.8 Å². The van der Waals surface area contributed by atoms with Gasteiger partial charge in [0.05, 0.1) is 25.3 Å². The van der Waals surface area contributed by atoms with E-state index >= 15 is 0 Å². The van der Waals surface area contributed by atoms with Gasteiger partial charge in [-0.2, -0.15) is 5.26 Å². The number of nitrogens with zero attached hydrogens (tertiary/aromatic N) is 2. The summed E-state index contributed by atoms with van der Waals surface area (Å²) in [5.41, 5.74) is 0.862. The van der Waals surface area contributed by atoms with Crippen LogP contribution in [0.2, 0.25) is 0 Å². The molecule has 1 unspecified atom stereocenters. The van der Waals surface area contributed by atoms with Crippen LogP contribution in [0.3, 0.4) is 0 Å². The van der Waals surface area contributed by atoms with Crippen molar-refractivity contribution in [2.75, 3.05) is 14.2 Å². The van der Waals surface area contributed by atoms with Gasteiger partial charge in [0, 0.05) is 6.20 Å². The van der Waals surface area contributed by atoms with Gasteiger partial charge in [0.2, 0.25) is 0 Å². The van der Waals surface area contributed by atoms with Gasteiger partial charge in [-0.15, -0.1) is 0 Å². The molecule has 2 aromatic rings. The second-order valence-corrected chi connectivity index (χ2v) is 5.03. The fourth-order valence-corrected chi connectivity index (χ4v) is 2.58. The molecule has 1 aromatic carbocycles. The second kappa shape index (κ2) is 6.83. The van der Waals surface area contributed by atoms with Crippen molar-refractivity contribution in [3.05, 3.63) is 48.2 Å². The average molecular weight is 286 g/mol. The van der Waals surface area contributed by atoms with Crippen LogP contribution in [0.15, 0.2) is 47.6 Å². The summed E-state index contributed by atoms with van der Waals surface area (Å²) in [6.07, 6.45) is 1.71. The molecule has 0 amide bonds. The molecule has 0 aliphatic heterocycles. The molecule has 1 atom stereocenters. The van der Waals surface area contributed by atoms with E-state index in [-0.39, 0.29) is 5.25 Å². The van der Waals surface area contributed by atoms with Crippen molar-refractivity contribution in [3.63, 3.8) is 0 Å². The highest BCUT2D eigenvalue weighted by atomic mass is 32.2. The van der Waals surface area contributed by atoms with Gasteiger partial charge in [-0.1, -0.05) is 23.9 Å². The van der Waals surface area contributed by atoms with Gasteiger partial charge in [-0.05, 0) is 29.8 Å². The molecule has 1 aromatic heterocycles. The molecule has 0 saturated heterocycles. The maximum Gasteiger partial charge on any atom is 0.161 e. The number of hydrogen-bond acceptors (Lipinski definition) is 5. The van der Waals surface area contributed by atoms with Crippen molar-refractivity contribution in [1.82, 2.24) is 4.98 Å².